The van der Waals surface area contributed by atoms with Gasteiger partial charge in [-0.05, 0) is 30.4 Å². The molecule has 0 fully saturated rings. The number of hydrogen-bond acceptors (Lipinski definition) is 3. The van der Waals surface area contributed by atoms with Gasteiger partial charge in [0, 0.05) is 13.1 Å². The Morgan fingerprint density at radius 2 is 1.82 bits per heavy atom. The van der Waals surface area contributed by atoms with E-state index in [0.29, 0.717) is 0 Å². The molecule has 2 atom stereocenters. The Morgan fingerprint density at radius 1 is 1.18 bits per heavy atom. The Labute approximate surface area is 131 Å². The quantitative estimate of drug-likeness (QED) is 0.868. The third-order valence-electron chi connectivity index (χ3n) is 4.32. The number of carboxylic acid groups (broad SMARTS) is 1. The fourth-order valence-electron chi connectivity index (χ4n) is 2.80. The van der Waals surface area contributed by atoms with Gasteiger partial charge < -0.3 is 10.4 Å². The van der Waals surface area contributed by atoms with Gasteiger partial charge in [-0.2, -0.15) is 0 Å². The van der Waals surface area contributed by atoms with Crippen molar-refractivity contribution in [3.63, 3.8) is 0 Å². The number of fused-ring (bicyclic) bond motifs is 1. The molecule has 2 rings (SSSR count). The van der Waals surface area contributed by atoms with Crippen LogP contribution in [0.15, 0.2) is 24.3 Å². The summed E-state index contributed by atoms with van der Waals surface area (Å²) in [5.74, 6) is -1.35. The zero-order valence-electron chi connectivity index (χ0n) is 13.4. The van der Waals surface area contributed by atoms with Crippen LogP contribution in [0.3, 0.4) is 0 Å². The summed E-state index contributed by atoms with van der Waals surface area (Å²) >= 11 is 0. The Kier molecular flexibility index (Phi) is 5.19. The minimum absolute atomic E-state index is 0.143. The van der Waals surface area contributed by atoms with Gasteiger partial charge in [0.05, 0.1) is 6.04 Å². The van der Waals surface area contributed by atoms with Crippen LogP contribution in [0, 0.1) is 5.92 Å². The monoisotopic (exact) mass is 304 g/mol. The maximum Gasteiger partial charge on any atom is 0.326 e. The summed E-state index contributed by atoms with van der Waals surface area (Å²) in [6.07, 6.45) is 0.917. The van der Waals surface area contributed by atoms with Crippen LogP contribution in [-0.4, -0.2) is 40.5 Å². The van der Waals surface area contributed by atoms with Gasteiger partial charge >= 0.3 is 5.97 Å². The molecule has 1 aromatic rings. The van der Waals surface area contributed by atoms with E-state index in [1.807, 2.05) is 19.1 Å². The van der Waals surface area contributed by atoms with Crippen molar-refractivity contribution in [2.75, 3.05) is 6.54 Å². The van der Waals surface area contributed by atoms with Crippen LogP contribution in [-0.2, 0) is 22.6 Å². The van der Waals surface area contributed by atoms with Gasteiger partial charge in [0.1, 0.15) is 6.04 Å². The van der Waals surface area contributed by atoms with Crippen molar-refractivity contribution in [3.05, 3.63) is 35.4 Å². The number of carbonyl (C=O) groups excluding carboxylic acids is 1. The lowest BCUT2D eigenvalue weighted by Gasteiger charge is -2.33. The number of carbonyl (C=O) groups is 2. The summed E-state index contributed by atoms with van der Waals surface area (Å²) in [5.41, 5.74) is 2.57. The van der Waals surface area contributed by atoms with Crippen molar-refractivity contribution in [1.29, 1.82) is 0 Å². The summed E-state index contributed by atoms with van der Waals surface area (Å²) in [7, 11) is 0. The zero-order valence-corrected chi connectivity index (χ0v) is 13.4. The Morgan fingerprint density at radius 3 is 2.41 bits per heavy atom. The Balaban J connectivity index is 2.01. The van der Waals surface area contributed by atoms with Crippen LogP contribution in [0.25, 0.3) is 0 Å². The number of carboxylic acids is 1. The highest BCUT2D eigenvalue weighted by Crippen LogP contribution is 2.20. The van der Waals surface area contributed by atoms with E-state index in [4.69, 9.17) is 0 Å². The van der Waals surface area contributed by atoms with Crippen LogP contribution < -0.4 is 5.32 Å². The van der Waals surface area contributed by atoms with Gasteiger partial charge in [0.15, 0.2) is 0 Å². The largest absolute Gasteiger partial charge is 0.480 e. The summed E-state index contributed by atoms with van der Waals surface area (Å²) in [6.45, 7) is 6.96. The van der Waals surface area contributed by atoms with Crippen molar-refractivity contribution in [2.45, 2.75) is 45.8 Å². The smallest absolute Gasteiger partial charge is 0.326 e. The molecule has 0 aliphatic carbocycles. The van der Waals surface area contributed by atoms with Crippen LogP contribution >= 0.6 is 0 Å². The van der Waals surface area contributed by atoms with E-state index in [1.165, 1.54) is 11.1 Å². The lowest BCUT2D eigenvalue weighted by Crippen LogP contribution is -2.52. The molecule has 5 heteroatoms. The van der Waals surface area contributed by atoms with E-state index in [9.17, 15) is 14.7 Å². The molecule has 1 heterocycles. The van der Waals surface area contributed by atoms with Crippen molar-refractivity contribution in [1.82, 2.24) is 10.2 Å². The second kappa shape index (κ2) is 6.92. The molecule has 1 aromatic carbocycles. The first-order chi connectivity index (χ1) is 10.4. The second-order valence-corrected chi connectivity index (χ2v) is 6.23. The van der Waals surface area contributed by atoms with Crippen molar-refractivity contribution in [3.8, 4) is 0 Å². The number of aliphatic carboxylic acids is 1. The molecule has 0 bridgehead atoms. The number of benzene rings is 1. The molecular formula is C17H24N2O3. The fourth-order valence-corrected chi connectivity index (χ4v) is 2.80. The summed E-state index contributed by atoms with van der Waals surface area (Å²) < 4.78 is 0. The molecule has 1 aliphatic heterocycles. The third kappa shape index (κ3) is 3.65. The summed E-state index contributed by atoms with van der Waals surface area (Å²) in [5, 5.41) is 11.8. The molecule has 120 valence electrons. The molecule has 5 nitrogen and oxygen atoms in total. The summed E-state index contributed by atoms with van der Waals surface area (Å²) in [4.78, 5) is 25.7. The highest BCUT2D eigenvalue weighted by molar-refractivity contribution is 5.86. The minimum Gasteiger partial charge on any atom is -0.480 e. The maximum absolute atomic E-state index is 12.4. The highest BCUT2D eigenvalue weighted by atomic mass is 16.4. The lowest BCUT2D eigenvalue weighted by molar-refractivity contribution is -0.144. The first kappa shape index (κ1) is 16.5. The van der Waals surface area contributed by atoms with Crippen molar-refractivity contribution < 1.29 is 14.7 Å². The van der Waals surface area contributed by atoms with E-state index in [0.717, 1.165) is 19.5 Å². The molecule has 2 N–H and O–H groups in total. The van der Waals surface area contributed by atoms with E-state index < -0.39 is 12.0 Å². The molecule has 0 saturated heterocycles. The van der Waals surface area contributed by atoms with Crippen LogP contribution in [0.1, 0.15) is 31.9 Å². The average molecular weight is 304 g/mol. The van der Waals surface area contributed by atoms with Crippen LogP contribution in [0.2, 0.25) is 0 Å². The number of nitrogens with zero attached hydrogens (tertiary/aromatic N) is 1. The standard InChI is InChI=1S/C17H24N2O3/c1-11(2)15(17(21)22)18-16(20)12(3)19-9-8-13-6-4-5-7-14(13)10-19/h4-7,11-12,15H,8-10H2,1-3H3,(H,18,20)(H,21,22)/t12?,15-/m1/s1. The molecule has 1 unspecified atom stereocenters. The Bertz CT molecular complexity index is 557. The van der Waals surface area contributed by atoms with Crippen molar-refractivity contribution >= 4 is 11.9 Å². The van der Waals surface area contributed by atoms with E-state index in [2.05, 4.69) is 22.3 Å². The number of hydrogen-bond donors (Lipinski definition) is 2. The van der Waals surface area contributed by atoms with Gasteiger partial charge in [-0.25, -0.2) is 4.79 Å². The van der Waals surface area contributed by atoms with E-state index in [-0.39, 0.29) is 17.9 Å². The average Bonchev–Trinajstić information content (AvgIpc) is 2.50. The molecule has 1 aliphatic rings. The normalized spacial score (nSPS) is 17.6. The van der Waals surface area contributed by atoms with E-state index in [1.54, 1.807) is 13.8 Å². The highest BCUT2D eigenvalue weighted by Gasteiger charge is 2.29. The molecule has 0 saturated carbocycles. The van der Waals surface area contributed by atoms with Gasteiger partial charge in [0.25, 0.3) is 0 Å². The molecule has 0 radical (unpaired) electrons. The molecular weight excluding hydrogens is 280 g/mol. The van der Waals surface area contributed by atoms with Crippen LogP contribution in [0.5, 0.6) is 0 Å². The predicted octanol–water partition coefficient (Wildman–Crippen LogP) is 1.66. The SMILES string of the molecule is CC(C)[C@@H](NC(=O)C(C)N1CCc2ccccc2C1)C(=O)O. The van der Waals surface area contributed by atoms with Gasteiger partial charge in [-0.15, -0.1) is 0 Å². The lowest BCUT2D eigenvalue weighted by atomic mass is 9.98. The molecule has 22 heavy (non-hydrogen) atoms. The maximum atomic E-state index is 12.4. The topological polar surface area (TPSA) is 69.6 Å². The molecule has 1 amide bonds. The molecule has 0 spiro atoms. The number of amides is 1. The Hall–Kier alpha value is -1.88. The van der Waals surface area contributed by atoms with Crippen LogP contribution in [0.4, 0.5) is 0 Å². The molecule has 0 aromatic heterocycles. The summed E-state index contributed by atoms with van der Waals surface area (Å²) in [6, 6.07) is 7.06. The fraction of sp³-hybridized carbons (Fsp3) is 0.529. The van der Waals surface area contributed by atoms with Gasteiger partial charge in [-0.3, -0.25) is 9.69 Å². The number of nitrogens with one attached hydrogen (secondary N) is 1. The second-order valence-electron chi connectivity index (χ2n) is 6.23. The van der Waals surface area contributed by atoms with E-state index >= 15 is 0 Å². The van der Waals surface area contributed by atoms with Gasteiger partial charge in [0.2, 0.25) is 5.91 Å². The first-order valence-corrected chi connectivity index (χ1v) is 7.74. The first-order valence-electron chi connectivity index (χ1n) is 7.74. The predicted molar refractivity (Wildman–Crippen MR) is 84.4 cm³/mol. The van der Waals surface area contributed by atoms with Crippen molar-refractivity contribution in [2.24, 2.45) is 5.92 Å². The van der Waals surface area contributed by atoms with Gasteiger partial charge in [-0.1, -0.05) is 38.1 Å². The zero-order chi connectivity index (χ0) is 16.3. The third-order valence-corrected chi connectivity index (χ3v) is 4.32. The number of rotatable bonds is 5. The minimum atomic E-state index is -0.987.